The van der Waals surface area contributed by atoms with E-state index in [-0.39, 0.29) is 24.4 Å². The van der Waals surface area contributed by atoms with Crippen molar-refractivity contribution >= 4 is 29.9 Å². The van der Waals surface area contributed by atoms with Gasteiger partial charge in [-0.05, 0) is 12.1 Å². The summed E-state index contributed by atoms with van der Waals surface area (Å²) in [7, 11) is 0. The second-order valence-corrected chi connectivity index (χ2v) is 3.58. The Morgan fingerprint density at radius 3 is 2.87 bits per heavy atom. The van der Waals surface area contributed by atoms with Gasteiger partial charge in [0.25, 0.3) is 5.91 Å². The van der Waals surface area contributed by atoms with Gasteiger partial charge in [-0.2, -0.15) is 0 Å². The van der Waals surface area contributed by atoms with E-state index in [1.54, 1.807) is 12.1 Å². The number of hydrogen-bond acceptors (Lipinski definition) is 3. The molecule has 0 radical (unpaired) electrons. The molecule has 2 heterocycles. The van der Waals surface area contributed by atoms with Crippen molar-refractivity contribution in [2.45, 2.75) is 6.04 Å². The summed E-state index contributed by atoms with van der Waals surface area (Å²) >= 11 is 5.67. The fourth-order valence-corrected chi connectivity index (χ4v) is 1.38. The number of pyridine rings is 1. The van der Waals surface area contributed by atoms with Crippen molar-refractivity contribution in [3.63, 3.8) is 0 Å². The van der Waals surface area contributed by atoms with E-state index in [1.165, 1.54) is 6.20 Å². The summed E-state index contributed by atoms with van der Waals surface area (Å²) in [4.78, 5) is 15.4. The van der Waals surface area contributed by atoms with Gasteiger partial charge in [0.2, 0.25) is 0 Å². The number of aromatic nitrogens is 1. The number of rotatable bonds is 2. The molecule has 0 bridgehead atoms. The summed E-state index contributed by atoms with van der Waals surface area (Å²) in [5.74, 6) is -0.0965. The van der Waals surface area contributed by atoms with Crippen molar-refractivity contribution in [3.8, 4) is 0 Å². The van der Waals surface area contributed by atoms with Gasteiger partial charge < -0.3 is 10.6 Å². The number of nitrogens with zero attached hydrogens (tertiary/aromatic N) is 1. The minimum Gasteiger partial charge on any atom is -0.347 e. The first-order valence-corrected chi connectivity index (χ1v) is 4.76. The van der Waals surface area contributed by atoms with Gasteiger partial charge in [-0.15, -0.1) is 12.4 Å². The van der Waals surface area contributed by atoms with Crippen molar-refractivity contribution in [3.05, 3.63) is 29.0 Å². The molecule has 2 rings (SSSR count). The molecule has 0 unspecified atom stereocenters. The summed E-state index contributed by atoms with van der Waals surface area (Å²) in [6.45, 7) is 1.68. The lowest BCUT2D eigenvalue weighted by molar-refractivity contribution is 0.0924. The van der Waals surface area contributed by atoms with Crippen LogP contribution in [0.2, 0.25) is 5.15 Å². The third-order valence-corrected chi connectivity index (χ3v) is 2.31. The molecule has 0 saturated carbocycles. The molecule has 0 spiro atoms. The Balaban J connectivity index is 0.00000112. The van der Waals surface area contributed by atoms with E-state index >= 15 is 0 Å². The van der Waals surface area contributed by atoms with Gasteiger partial charge in [-0.1, -0.05) is 11.6 Å². The molecule has 1 aromatic heterocycles. The third-order valence-electron chi connectivity index (χ3n) is 2.11. The molecule has 6 heteroatoms. The first-order chi connectivity index (χ1) is 6.75. The van der Waals surface area contributed by atoms with Crippen LogP contribution in [-0.4, -0.2) is 30.0 Å². The molecule has 0 aliphatic carbocycles. The predicted molar refractivity (Wildman–Crippen MR) is 60.6 cm³/mol. The van der Waals surface area contributed by atoms with E-state index in [4.69, 9.17) is 11.6 Å². The van der Waals surface area contributed by atoms with Gasteiger partial charge in [0.15, 0.2) is 0 Å². The van der Waals surface area contributed by atoms with Crippen molar-refractivity contribution in [2.24, 2.45) is 0 Å². The minimum absolute atomic E-state index is 0. The van der Waals surface area contributed by atoms with Gasteiger partial charge in [0.1, 0.15) is 5.15 Å². The number of carbonyl (C=O) groups is 1. The first-order valence-electron chi connectivity index (χ1n) is 4.39. The van der Waals surface area contributed by atoms with Crippen LogP contribution in [0.4, 0.5) is 0 Å². The van der Waals surface area contributed by atoms with Gasteiger partial charge in [-0.3, -0.25) is 4.79 Å². The molecule has 0 atom stereocenters. The fraction of sp³-hybridized carbons (Fsp3) is 0.333. The molecule has 1 aliphatic heterocycles. The average molecular weight is 248 g/mol. The normalized spacial score (nSPS) is 15.0. The molecule has 82 valence electrons. The summed E-state index contributed by atoms with van der Waals surface area (Å²) in [6, 6.07) is 3.45. The number of nitrogens with one attached hydrogen (secondary N) is 2. The van der Waals surface area contributed by atoms with E-state index in [1.807, 2.05) is 0 Å². The molecule has 1 fully saturated rings. The average Bonchev–Trinajstić information content (AvgIpc) is 2.11. The Morgan fingerprint density at radius 2 is 2.33 bits per heavy atom. The molecule has 2 N–H and O–H groups in total. The molecular formula is C9H11Cl2N3O. The Hall–Kier alpha value is -0.840. The number of amides is 1. The second-order valence-electron chi connectivity index (χ2n) is 3.20. The highest BCUT2D eigenvalue weighted by atomic mass is 35.5. The number of hydrogen-bond donors (Lipinski definition) is 2. The second kappa shape index (κ2) is 5.30. The zero-order chi connectivity index (χ0) is 9.97. The minimum atomic E-state index is -0.0965. The maximum absolute atomic E-state index is 11.6. The lowest BCUT2D eigenvalue weighted by Gasteiger charge is -2.27. The smallest absolute Gasteiger partial charge is 0.251 e. The maximum atomic E-state index is 11.6. The monoisotopic (exact) mass is 247 g/mol. The van der Waals surface area contributed by atoms with E-state index in [9.17, 15) is 4.79 Å². The predicted octanol–water partition coefficient (Wildman–Crippen LogP) is 0.858. The highest BCUT2D eigenvalue weighted by molar-refractivity contribution is 6.29. The Bertz CT molecular complexity index is 355. The van der Waals surface area contributed by atoms with Crippen LogP contribution in [0.25, 0.3) is 0 Å². The van der Waals surface area contributed by atoms with Crippen LogP contribution in [0.5, 0.6) is 0 Å². The molecule has 1 aromatic rings. The zero-order valence-corrected chi connectivity index (χ0v) is 9.44. The quantitative estimate of drug-likeness (QED) is 0.763. The van der Waals surface area contributed by atoms with Crippen LogP contribution < -0.4 is 10.6 Å². The van der Waals surface area contributed by atoms with Crippen molar-refractivity contribution in [2.75, 3.05) is 13.1 Å². The first kappa shape index (κ1) is 12.2. The summed E-state index contributed by atoms with van der Waals surface area (Å²) in [5.41, 5.74) is 0.553. The van der Waals surface area contributed by atoms with E-state index in [0.29, 0.717) is 10.7 Å². The SMILES string of the molecule is Cl.O=C(NC1CNC1)c1ccnc(Cl)c1. The summed E-state index contributed by atoms with van der Waals surface area (Å²) in [6.07, 6.45) is 1.52. The fourth-order valence-electron chi connectivity index (χ4n) is 1.20. The molecule has 15 heavy (non-hydrogen) atoms. The Kier molecular flexibility index (Phi) is 4.32. The van der Waals surface area contributed by atoms with Crippen molar-refractivity contribution in [1.29, 1.82) is 0 Å². The van der Waals surface area contributed by atoms with Crippen molar-refractivity contribution < 1.29 is 4.79 Å². The highest BCUT2D eigenvalue weighted by Crippen LogP contribution is 2.07. The largest absolute Gasteiger partial charge is 0.347 e. The lowest BCUT2D eigenvalue weighted by atomic mass is 10.1. The number of carbonyl (C=O) groups excluding carboxylic acids is 1. The molecular weight excluding hydrogens is 237 g/mol. The molecule has 0 aromatic carbocycles. The van der Waals surface area contributed by atoms with E-state index in [0.717, 1.165) is 13.1 Å². The van der Waals surface area contributed by atoms with Gasteiger partial charge in [-0.25, -0.2) is 4.98 Å². The van der Waals surface area contributed by atoms with Crippen LogP contribution in [0.15, 0.2) is 18.3 Å². The molecule has 1 aliphatic rings. The highest BCUT2D eigenvalue weighted by Gasteiger charge is 2.19. The zero-order valence-electron chi connectivity index (χ0n) is 7.87. The van der Waals surface area contributed by atoms with Gasteiger partial charge >= 0.3 is 0 Å². The molecule has 4 nitrogen and oxygen atoms in total. The van der Waals surface area contributed by atoms with E-state index in [2.05, 4.69) is 15.6 Å². The van der Waals surface area contributed by atoms with Crippen LogP contribution in [-0.2, 0) is 0 Å². The molecule has 1 amide bonds. The third kappa shape index (κ3) is 3.06. The number of halogens is 2. The summed E-state index contributed by atoms with van der Waals surface area (Å²) < 4.78 is 0. The summed E-state index contributed by atoms with van der Waals surface area (Å²) in [5, 5.41) is 6.29. The molecule has 1 saturated heterocycles. The lowest BCUT2D eigenvalue weighted by Crippen LogP contribution is -2.56. The van der Waals surface area contributed by atoms with E-state index < -0.39 is 0 Å². The Labute approximate surface area is 98.8 Å². The van der Waals surface area contributed by atoms with Crippen LogP contribution in [0.3, 0.4) is 0 Å². The van der Waals surface area contributed by atoms with Crippen LogP contribution in [0, 0.1) is 0 Å². The van der Waals surface area contributed by atoms with Crippen LogP contribution >= 0.6 is 24.0 Å². The standard InChI is InChI=1S/C9H10ClN3O.ClH/c10-8-3-6(1-2-12-8)9(14)13-7-4-11-5-7;/h1-3,7,11H,4-5H2,(H,13,14);1H. The van der Waals surface area contributed by atoms with Crippen LogP contribution in [0.1, 0.15) is 10.4 Å². The van der Waals surface area contributed by atoms with Gasteiger partial charge in [0.05, 0.1) is 6.04 Å². The maximum Gasteiger partial charge on any atom is 0.251 e. The Morgan fingerprint density at radius 1 is 1.60 bits per heavy atom. The van der Waals surface area contributed by atoms with Gasteiger partial charge in [0, 0.05) is 24.8 Å². The van der Waals surface area contributed by atoms with Crippen molar-refractivity contribution in [1.82, 2.24) is 15.6 Å². The topological polar surface area (TPSA) is 54.0 Å².